The maximum absolute atomic E-state index is 12.6. The molecule has 0 bridgehead atoms. The molecule has 0 amide bonds. The Morgan fingerprint density at radius 3 is 2.73 bits per heavy atom. The first-order valence-corrected chi connectivity index (χ1v) is 12.6. The van der Waals surface area contributed by atoms with Crippen LogP contribution in [0.5, 0.6) is 0 Å². The topological polar surface area (TPSA) is 94.0 Å². The number of hydrogen-bond donors (Lipinski definition) is 2. The van der Waals surface area contributed by atoms with Gasteiger partial charge in [-0.1, -0.05) is 23.7 Å². The molecule has 3 heterocycles. The normalized spacial score (nSPS) is 16.6. The maximum Gasteiger partial charge on any atom is 0.229 e. The molecule has 1 aromatic carbocycles. The number of hydrogen-bond acceptors (Lipinski definition) is 7. The summed E-state index contributed by atoms with van der Waals surface area (Å²) in [6.07, 6.45) is 4.24. The van der Waals surface area contributed by atoms with Crippen LogP contribution in [0.25, 0.3) is 0 Å². The van der Waals surface area contributed by atoms with Crippen molar-refractivity contribution in [2.75, 3.05) is 37.2 Å². The van der Waals surface area contributed by atoms with Crippen molar-refractivity contribution >= 4 is 47.2 Å². The summed E-state index contributed by atoms with van der Waals surface area (Å²) in [7, 11) is -2.47. The molecule has 8 nitrogen and oxygen atoms in total. The van der Waals surface area contributed by atoms with Crippen molar-refractivity contribution in [3.05, 3.63) is 47.4 Å². The Bertz CT molecular complexity index is 1110. The number of nitrogens with zero attached hydrogens (tertiary/aromatic N) is 4. The van der Waals surface area contributed by atoms with E-state index in [1.807, 2.05) is 35.9 Å². The predicted molar refractivity (Wildman–Crippen MR) is 121 cm³/mol. The fraction of sp³-hybridized carbons (Fsp3) is 0.350. The Morgan fingerprint density at radius 2 is 2.00 bits per heavy atom. The van der Waals surface area contributed by atoms with Crippen LogP contribution in [0.3, 0.4) is 0 Å². The number of halogens is 1. The molecule has 30 heavy (non-hydrogen) atoms. The minimum Gasteiger partial charge on any atom is -0.379 e. The van der Waals surface area contributed by atoms with Crippen molar-refractivity contribution < 1.29 is 9.30 Å². The molecule has 0 aliphatic carbocycles. The van der Waals surface area contributed by atoms with Gasteiger partial charge in [-0.05, 0) is 38.8 Å². The molecule has 1 aliphatic rings. The standard InChI is InChI=1S/C20H24ClN6O2P/c1-13-17(11-23-27(13)14-8-9-29-12-14)25-20-22-10-15(21)19(26-20)24-16-6-4-5-7-18(16)30(2,3)28/h4-7,10-11,14H,8-9,12H2,1-3H3,(H2,22,24,25,26)/t14-/m0/s1. The highest BCUT2D eigenvalue weighted by molar-refractivity contribution is 7.70. The third-order valence-electron chi connectivity index (χ3n) is 5.02. The highest BCUT2D eigenvalue weighted by atomic mass is 35.5. The summed E-state index contributed by atoms with van der Waals surface area (Å²) in [5, 5.41) is 12.0. The number of nitrogens with one attached hydrogen (secondary N) is 2. The van der Waals surface area contributed by atoms with Crippen molar-refractivity contribution in [2.45, 2.75) is 19.4 Å². The smallest absolute Gasteiger partial charge is 0.229 e. The van der Waals surface area contributed by atoms with E-state index in [0.29, 0.717) is 29.1 Å². The molecule has 1 saturated heterocycles. The van der Waals surface area contributed by atoms with Crippen molar-refractivity contribution in [3.8, 4) is 0 Å². The second-order valence-electron chi connectivity index (χ2n) is 7.61. The molecular formula is C20H24ClN6O2P. The largest absolute Gasteiger partial charge is 0.379 e. The number of para-hydroxylation sites is 1. The van der Waals surface area contributed by atoms with E-state index in [-0.39, 0.29) is 6.04 Å². The first-order chi connectivity index (χ1) is 14.3. The number of benzene rings is 1. The van der Waals surface area contributed by atoms with Crippen molar-refractivity contribution in [1.82, 2.24) is 19.7 Å². The number of ether oxygens (including phenoxy) is 1. The molecule has 0 spiro atoms. The van der Waals surface area contributed by atoms with Gasteiger partial charge < -0.3 is 19.9 Å². The summed E-state index contributed by atoms with van der Waals surface area (Å²) >= 11 is 6.32. The summed E-state index contributed by atoms with van der Waals surface area (Å²) in [5.41, 5.74) is 2.52. The summed E-state index contributed by atoms with van der Waals surface area (Å²) < 4.78 is 20.1. The molecule has 2 aromatic heterocycles. The molecule has 10 heteroatoms. The zero-order valence-corrected chi connectivity index (χ0v) is 18.7. The molecule has 4 rings (SSSR count). The van der Waals surface area contributed by atoms with E-state index in [2.05, 4.69) is 25.7 Å². The lowest BCUT2D eigenvalue weighted by atomic mass is 10.2. The number of anilines is 4. The van der Waals surface area contributed by atoms with E-state index in [1.165, 1.54) is 6.20 Å². The summed E-state index contributed by atoms with van der Waals surface area (Å²) in [6.45, 7) is 6.90. The summed E-state index contributed by atoms with van der Waals surface area (Å²) in [6, 6.07) is 7.70. The van der Waals surface area contributed by atoms with Gasteiger partial charge in [0.2, 0.25) is 5.95 Å². The van der Waals surface area contributed by atoms with E-state index < -0.39 is 7.14 Å². The molecule has 1 atom stereocenters. The second-order valence-corrected chi connectivity index (χ2v) is 11.2. The lowest BCUT2D eigenvalue weighted by Gasteiger charge is -2.16. The van der Waals surface area contributed by atoms with Crippen molar-refractivity contribution in [2.24, 2.45) is 0 Å². The van der Waals surface area contributed by atoms with Gasteiger partial charge in [0.1, 0.15) is 12.2 Å². The highest BCUT2D eigenvalue weighted by Crippen LogP contribution is 2.38. The van der Waals surface area contributed by atoms with Crippen LogP contribution in [0.1, 0.15) is 18.2 Å². The molecule has 158 valence electrons. The van der Waals surface area contributed by atoms with Crippen LogP contribution in [0.4, 0.5) is 23.1 Å². The Hall–Kier alpha value is -2.41. The lowest BCUT2D eigenvalue weighted by Crippen LogP contribution is -2.12. The van der Waals surface area contributed by atoms with Crippen LogP contribution in [0.15, 0.2) is 36.7 Å². The summed E-state index contributed by atoms with van der Waals surface area (Å²) in [4.78, 5) is 8.80. The zero-order valence-electron chi connectivity index (χ0n) is 17.1. The lowest BCUT2D eigenvalue weighted by molar-refractivity contribution is 0.184. The van der Waals surface area contributed by atoms with Gasteiger partial charge in [-0.2, -0.15) is 10.1 Å². The molecule has 0 radical (unpaired) electrons. The van der Waals surface area contributed by atoms with Crippen molar-refractivity contribution in [1.29, 1.82) is 0 Å². The summed E-state index contributed by atoms with van der Waals surface area (Å²) in [5.74, 6) is 0.824. The van der Waals surface area contributed by atoms with Gasteiger partial charge in [-0.3, -0.25) is 4.68 Å². The van der Waals surface area contributed by atoms with E-state index in [4.69, 9.17) is 16.3 Å². The average molecular weight is 447 g/mol. The Labute approximate surface area is 180 Å². The van der Waals surface area contributed by atoms with Gasteiger partial charge in [0.25, 0.3) is 0 Å². The van der Waals surface area contributed by atoms with Gasteiger partial charge in [0.15, 0.2) is 5.82 Å². The van der Waals surface area contributed by atoms with E-state index in [9.17, 15) is 4.57 Å². The minimum atomic E-state index is -2.47. The minimum absolute atomic E-state index is 0.249. The molecule has 0 unspecified atom stereocenters. The van der Waals surface area contributed by atoms with Crippen LogP contribution in [0, 0.1) is 6.92 Å². The molecular weight excluding hydrogens is 423 g/mol. The fourth-order valence-electron chi connectivity index (χ4n) is 3.44. The fourth-order valence-corrected chi connectivity index (χ4v) is 4.74. The monoisotopic (exact) mass is 446 g/mol. The van der Waals surface area contributed by atoms with Crippen LogP contribution in [-0.4, -0.2) is 46.3 Å². The van der Waals surface area contributed by atoms with Gasteiger partial charge in [-0.25, -0.2) is 4.98 Å². The van der Waals surface area contributed by atoms with E-state index in [1.54, 1.807) is 19.5 Å². The van der Waals surface area contributed by atoms with Crippen LogP contribution < -0.4 is 15.9 Å². The van der Waals surface area contributed by atoms with Crippen LogP contribution in [0.2, 0.25) is 5.02 Å². The first-order valence-electron chi connectivity index (χ1n) is 9.66. The molecule has 1 aliphatic heterocycles. The first kappa shape index (κ1) is 20.8. The van der Waals surface area contributed by atoms with E-state index >= 15 is 0 Å². The predicted octanol–water partition coefficient (Wildman–Crippen LogP) is 4.33. The SMILES string of the molecule is Cc1c(Nc2ncc(Cl)c(Nc3ccccc3P(C)(C)=O)n2)cnn1[C@H]1CCOC1. The molecule has 2 N–H and O–H groups in total. The zero-order chi connectivity index (χ0) is 21.3. The van der Waals surface area contributed by atoms with Crippen LogP contribution >= 0.6 is 18.7 Å². The highest BCUT2D eigenvalue weighted by Gasteiger charge is 2.22. The average Bonchev–Trinajstić information content (AvgIpc) is 3.34. The van der Waals surface area contributed by atoms with Crippen molar-refractivity contribution in [3.63, 3.8) is 0 Å². The van der Waals surface area contributed by atoms with Gasteiger partial charge >= 0.3 is 0 Å². The van der Waals surface area contributed by atoms with Gasteiger partial charge in [0.05, 0.1) is 42.1 Å². The second kappa shape index (κ2) is 8.38. The van der Waals surface area contributed by atoms with Gasteiger partial charge in [-0.15, -0.1) is 0 Å². The van der Waals surface area contributed by atoms with Crippen LogP contribution in [-0.2, 0) is 9.30 Å². The molecule has 3 aromatic rings. The Kier molecular flexibility index (Phi) is 5.82. The number of rotatable bonds is 6. The Morgan fingerprint density at radius 1 is 1.20 bits per heavy atom. The molecule has 0 saturated carbocycles. The Balaban J connectivity index is 1.59. The third kappa shape index (κ3) is 4.36. The number of aromatic nitrogens is 4. The third-order valence-corrected chi connectivity index (χ3v) is 6.85. The van der Waals surface area contributed by atoms with Gasteiger partial charge in [0, 0.05) is 11.9 Å². The van der Waals surface area contributed by atoms with E-state index in [0.717, 1.165) is 29.7 Å². The molecule has 1 fully saturated rings. The quantitative estimate of drug-likeness (QED) is 0.544. The maximum atomic E-state index is 12.6.